The molecule has 90 valence electrons. The summed E-state index contributed by atoms with van der Waals surface area (Å²) in [6, 6.07) is 5.76. The van der Waals surface area contributed by atoms with Gasteiger partial charge in [0.25, 0.3) is 0 Å². The van der Waals surface area contributed by atoms with Crippen LogP contribution in [0.2, 0.25) is 0 Å². The monoisotopic (exact) mass is 242 g/mol. The van der Waals surface area contributed by atoms with Crippen LogP contribution in [0.25, 0.3) is 11.3 Å². The molecule has 0 radical (unpaired) electrons. The molecule has 0 atom stereocenters. The van der Waals surface area contributed by atoms with Crippen LogP contribution in [-0.2, 0) is 6.42 Å². The van der Waals surface area contributed by atoms with Crippen LogP contribution >= 0.6 is 0 Å². The van der Waals surface area contributed by atoms with Gasteiger partial charge in [-0.05, 0) is 18.2 Å². The van der Waals surface area contributed by atoms with Gasteiger partial charge in [0.15, 0.2) is 11.5 Å². The molecule has 0 spiro atoms. The fourth-order valence-electron chi connectivity index (χ4n) is 2.22. The van der Waals surface area contributed by atoms with Crippen LogP contribution < -0.4 is 9.47 Å². The Kier molecular flexibility index (Phi) is 1.94. The molecule has 0 saturated carbocycles. The van der Waals surface area contributed by atoms with E-state index in [2.05, 4.69) is 10.1 Å². The van der Waals surface area contributed by atoms with Gasteiger partial charge in [-0.15, -0.1) is 0 Å². The maximum atomic E-state index is 5.37. The molecule has 2 aliphatic rings. The minimum Gasteiger partial charge on any atom is -0.454 e. The number of fused-ring (bicyclic) bond motifs is 2. The molecule has 0 saturated heterocycles. The Morgan fingerprint density at radius 3 is 3.06 bits per heavy atom. The van der Waals surface area contributed by atoms with Crippen LogP contribution in [0.5, 0.6) is 11.5 Å². The van der Waals surface area contributed by atoms with Crippen molar-refractivity contribution < 1.29 is 14.0 Å². The third-order valence-corrected chi connectivity index (χ3v) is 3.14. The summed E-state index contributed by atoms with van der Waals surface area (Å²) in [6.45, 7) is 1.04. The number of rotatable bonds is 1. The lowest BCUT2D eigenvalue weighted by Crippen LogP contribution is -2.00. The molecule has 0 N–H and O–H groups in total. The van der Waals surface area contributed by atoms with Crippen LogP contribution in [0.4, 0.5) is 0 Å². The first kappa shape index (κ1) is 9.70. The van der Waals surface area contributed by atoms with Gasteiger partial charge in [0, 0.05) is 24.7 Å². The number of hydrogen-bond donors (Lipinski definition) is 0. The van der Waals surface area contributed by atoms with E-state index >= 15 is 0 Å². The van der Waals surface area contributed by atoms with E-state index in [4.69, 9.17) is 14.0 Å². The fraction of sp³-hybridized carbons (Fsp3) is 0.231. The molecule has 1 aromatic heterocycles. The normalized spacial score (nSPS) is 15.8. The Balaban J connectivity index is 1.84. The summed E-state index contributed by atoms with van der Waals surface area (Å²) < 4.78 is 16.0. The molecule has 18 heavy (non-hydrogen) atoms. The SMILES string of the molecule is C1=NCCc2onc(-c3ccc4c(c3)OCO4)c21. The lowest BCUT2D eigenvalue weighted by molar-refractivity contribution is 0.174. The van der Waals surface area contributed by atoms with Crippen molar-refractivity contribution in [3.05, 3.63) is 29.5 Å². The zero-order chi connectivity index (χ0) is 11.9. The van der Waals surface area contributed by atoms with Crippen molar-refractivity contribution in [1.29, 1.82) is 0 Å². The summed E-state index contributed by atoms with van der Waals surface area (Å²) in [5.74, 6) is 2.42. The quantitative estimate of drug-likeness (QED) is 0.767. The van der Waals surface area contributed by atoms with Crippen LogP contribution in [0.3, 0.4) is 0 Å². The summed E-state index contributed by atoms with van der Waals surface area (Å²) in [7, 11) is 0. The molecule has 2 aromatic rings. The predicted molar refractivity (Wildman–Crippen MR) is 64.2 cm³/mol. The molecular weight excluding hydrogens is 232 g/mol. The minimum absolute atomic E-state index is 0.275. The second kappa shape index (κ2) is 3.60. The molecule has 3 heterocycles. The van der Waals surface area contributed by atoms with Crippen LogP contribution in [0.1, 0.15) is 11.3 Å². The molecule has 0 amide bonds. The maximum Gasteiger partial charge on any atom is 0.231 e. The van der Waals surface area contributed by atoms with Gasteiger partial charge >= 0.3 is 0 Å². The highest BCUT2D eigenvalue weighted by Gasteiger charge is 2.20. The van der Waals surface area contributed by atoms with E-state index in [0.717, 1.165) is 47.0 Å². The molecule has 0 aliphatic carbocycles. The molecule has 2 aliphatic heterocycles. The standard InChI is InChI=1S/C13H10N2O3/c1-2-11-12(17-7-16-11)5-8(1)13-9-6-14-4-3-10(9)18-15-13/h1-2,5-6H,3-4,7H2. The highest BCUT2D eigenvalue weighted by atomic mass is 16.7. The van der Waals surface area contributed by atoms with E-state index in [1.807, 2.05) is 24.4 Å². The largest absolute Gasteiger partial charge is 0.454 e. The Hall–Kier alpha value is -2.30. The molecule has 5 heteroatoms. The Bertz CT molecular complexity index is 646. The fourth-order valence-corrected chi connectivity index (χ4v) is 2.22. The van der Waals surface area contributed by atoms with Crippen molar-refractivity contribution in [2.24, 2.45) is 4.99 Å². The summed E-state index contributed by atoms with van der Waals surface area (Å²) in [6.07, 6.45) is 2.64. The van der Waals surface area contributed by atoms with Crippen molar-refractivity contribution in [3.63, 3.8) is 0 Å². The van der Waals surface area contributed by atoms with Crippen molar-refractivity contribution in [3.8, 4) is 22.8 Å². The molecule has 4 rings (SSSR count). The number of benzene rings is 1. The molecule has 0 fully saturated rings. The average Bonchev–Trinajstić information content (AvgIpc) is 3.04. The van der Waals surface area contributed by atoms with Gasteiger partial charge in [-0.3, -0.25) is 4.99 Å². The third-order valence-electron chi connectivity index (χ3n) is 3.14. The first-order valence-corrected chi connectivity index (χ1v) is 5.80. The zero-order valence-corrected chi connectivity index (χ0v) is 9.55. The average molecular weight is 242 g/mol. The lowest BCUT2D eigenvalue weighted by atomic mass is 10.0. The van der Waals surface area contributed by atoms with Crippen LogP contribution in [0, 0.1) is 0 Å². The number of nitrogens with zero attached hydrogens (tertiary/aromatic N) is 2. The second-order valence-corrected chi connectivity index (χ2v) is 4.22. The maximum absolute atomic E-state index is 5.37. The van der Waals surface area contributed by atoms with E-state index in [1.54, 1.807) is 0 Å². The zero-order valence-electron chi connectivity index (χ0n) is 9.55. The predicted octanol–water partition coefficient (Wildman–Crippen LogP) is 2.05. The van der Waals surface area contributed by atoms with Gasteiger partial charge in [-0.2, -0.15) is 0 Å². The van der Waals surface area contributed by atoms with Gasteiger partial charge < -0.3 is 14.0 Å². The van der Waals surface area contributed by atoms with Gasteiger partial charge in [-0.1, -0.05) is 5.16 Å². The Morgan fingerprint density at radius 1 is 1.11 bits per heavy atom. The van der Waals surface area contributed by atoms with E-state index in [-0.39, 0.29) is 6.79 Å². The first-order chi connectivity index (χ1) is 8.92. The molecule has 1 aromatic carbocycles. The van der Waals surface area contributed by atoms with Crippen LogP contribution in [0.15, 0.2) is 27.7 Å². The third kappa shape index (κ3) is 1.33. The van der Waals surface area contributed by atoms with E-state index in [9.17, 15) is 0 Å². The molecule has 5 nitrogen and oxygen atoms in total. The van der Waals surface area contributed by atoms with Crippen molar-refractivity contribution in [2.45, 2.75) is 6.42 Å². The van der Waals surface area contributed by atoms with Crippen molar-refractivity contribution >= 4 is 6.21 Å². The number of ether oxygens (including phenoxy) is 2. The summed E-state index contributed by atoms with van der Waals surface area (Å²) >= 11 is 0. The Morgan fingerprint density at radius 2 is 2.06 bits per heavy atom. The lowest BCUT2D eigenvalue weighted by Gasteiger charge is -2.03. The molecule has 0 unspecified atom stereocenters. The highest BCUT2D eigenvalue weighted by molar-refractivity contribution is 5.90. The van der Waals surface area contributed by atoms with Crippen molar-refractivity contribution in [2.75, 3.05) is 13.3 Å². The van der Waals surface area contributed by atoms with E-state index < -0.39 is 0 Å². The van der Waals surface area contributed by atoms with Crippen LogP contribution in [-0.4, -0.2) is 24.7 Å². The number of aliphatic imine (C=N–C) groups is 1. The second-order valence-electron chi connectivity index (χ2n) is 4.22. The summed E-state index contributed by atoms with van der Waals surface area (Å²) in [5, 5.41) is 4.13. The molecular formula is C13H10N2O3. The van der Waals surface area contributed by atoms with E-state index in [1.165, 1.54) is 0 Å². The summed E-state index contributed by atoms with van der Waals surface area (Å²) in [4.78, 5) is 4.27. The van der Waals surface area contributed by atoms with Gasteiger partial charge in [0.05, 0.1) is 5.56 Å². The molecule has 0 bridgehead atoms. The van der Waals surface area contributed by atoms with Gasteiger partial charge in [0.1, 0.15) is 11.5 Å². The topological polar surface area (TPSA) is 56.9 Å². The van der Waals surface area contributed by atoms with Gasteiger partial charge in [-0.25, -0.2) is 0 Å². The first-order valence-electron chi connectivity index (χ1n) is 5.80. The number of aromatic nitrogens is 1. The number of hydrogen-bond acceptors (Lipinski definition) is 5. The smallest absolute Gasteiger partial charge is 0.231 e. The Labute approximate surface area is 103 Å². The van der Waals surface area contributed by atoms with Gasteiger partial charge in [0.2, 0.25) is 6.79 Å². The van der Waals surface area contributed by atoms with Crippen molar-refractivity contribution in [1.82, 2.24) is 5.16 Å². The summed E-state index contributed by atoms with van der Waals surface area (Å²) in [5.41, 5.74) is 2.74. The highest BCUT2D eigenvalue weighted by Crippen LogP contribution is 2.36. The minimum atomic E-state index is 0.275. The van der Waals surface area contributed by atoms with E-state index in [0.29, 0.717) is 0 Å².